The van der Waals surface area contributed by atoms with Crippen molar-refractivity contribution in [3.8, 4) is 11.8 Å². The monoisotopic (exact) mass is 259 g/mol. The number of ether oxygens (including phenoxy) is 2. The summed E-state index contributed by atoms with van der Waals surface area (Å²) in [5.74, 6) is 0.795. The molecule has 0 aliphatic heterocycles. The lowest BCUT2D eigenvalue weighted by atomic mass is 10.3. The highest BCUT2D eigenvalue weighted by molar-refractivity contribution is 5.97. The van der Waals surface area contributed by atoms with Crippen molar-refractivity contribution in [2.75, 3.05) is 14.2 Å². The Morgan fingerprint density at radius 1 is 1.11 bits per heavy atom. The van der Waals surface area contributed by atoms with E-state index >= 15 is 0 Å². The zero-order chi connectivity index (χ0) is 13.7. The Hall–Kier alpha value is -2.70. The van der Waals surface area contributed by atoms with Gasteiger partial charge in [-0.2, -0.15) is 9.97 Å². The molecule has 0 saturated heterocycles. The van der Waals surface area contributed by atoms with Crippen molar-refractivity contribution in [2.24, 2.45) is 10.7 Å². The second-order valence-corrected chi connectivity index (χ2v) is 3.45. The second kappa shape index (κ2) is 5.76. The lowest BCUT2D eigenvalue weighted by molar-refractivity contribution is 0.374. The summed E-state index contributed by atoms with van der Waals surface area (Å²) in [6, 6.07) is 5.37. The molecule has 2 aromatic rings. The summed E-state index contributed by atoms with van der Waals surface area (Å²) in [5, 5.41) is 0. The number of aromatic nitrogens is 3. The van der Waals surface area contributed by atoms with Gasteiger partial charge >= 0.3 is 0 Å². The molecule has 0 bridgehead atoms. The lowest BCUT2D eigenvalue weighted by Gasteiger charge is -2.07. The Morgan fingerprint density at radius 2 is 1.79 bits per heavy atom. The van der Waals surface area contributed by atoms with Crippen LogP contribution < -0.4 is 15.2 Å². The first-order valence-corrected chi connectivity index (χ1v) is 5.44. The van der Waals surface area contributed by atoms with E-state index in [0.29, 0.717) is 11.4 Å². The topological polar surface area (TPSA) is 95.5 Å². The minimum atomic E-state index is 0.229. The van der Waals surface area contributed by atoms with Gasteiger partial charge in [0, 0.05) is 6.20 Å². The third-order valence-corrected chi connectivity index (χ3v) is 2.30. The maximum Gasteiger partial charge on any atom is 0.246 e. The van der Waals surface area contributed by atoms with Gasteiger partial charge in [-0.3, -0.25) is 4.98 Å². The van der Waals surface area contributed by atoms with Crippen LogP contribution in [0.4, 0.5) is 5.69 Å². The summed E-state index contributed by atoms with van der Waals surface area (Å²) >= 11 is 0. The summed E-state index contributed by atoms with van der Waals surface area (Å²) in [5.41, 5.74) is 6.78. The zero-order valence-electron chi connectivity index (χ0n) is 10.6. The molecule has 0 fully saturated rings. The van der Waals surface area contributed by atoms with Crippen LogP contribution in [-0.2, 0) is 0 Å². The lowest BCUT2D eigenvalue weighted by Crippen LogP contribution is -2.14. The molecular formula is C12H13N5O2. The summed E-state index contributed by atoms with van der Waals surface area (Å²) in [6.45, 7) is 0. The molecule has 2 aromatic heterocycles. The molecule has 0 atom stereocenters. The second-order valence-electron chi connectivity index (χ2n) is 3.45. The van der Waals surface area contributed by atoms with E-state index in [1.54, 1.807) is 18.3 Å². The fraction of sp³-hybridized carbons (Fsp3) is 0.167. The molecule has 0 amide bonds. The third-order valence-electron chi connectivity index (χ3n) is 2.30. The Bertz CT molecular complexity index is 564. The van der Waals surface area contributed by atoms with Crippen LogP contribution in [-0.4, -0.2) is 35.0 Å². The minimum absolute atomic E-state index is 0.229. The number of methoxy groups -OCH3 is 2. The number of aliphatic imine (C=N–C) groups is 1. The number of amidine groups is 1. The fourth-order valence-electron chi connectivity index (χ4n) is 1.43. The van der Waals surface area contributed by atoms with Crippen molar-refractivity contribution >= 4 is 11.5 Å². The van der Waals surface area contributed by atoms with Gasteiger partial charge < -0.3 is 15.2 Å². The van der Waals surface area contributed by atoms with Gasteiger partial charge in [0.15, 0.2) is 11.5 Å². The molecule has 2 heterocycles. The molecule has 0 radical (unpaired) electrons. The number of nitrogens with two attached hydrogens (primary N) is 1. The van der Waals surface area contributed by atoms with Crippen LogP contribution in [0.5, 0.6) is 11.8 Å². The summed E-state index contributed by atoms with van der Waals surface area (Å²) in [6.07, 6.45) is 2.96. The quantitative estimate of drug-likeness (QED) is 0.648. The van der Waals surface area contributed by atoms with Crippen LogP contribution in [0.25, 0.3) is 0 Å². The van der Waals surface area contributed by atoms with Crippen LogP contribution in [0.1, 0.15) is 5.69 Å². The maximum absolute atomic E-state index is 5.90. The Morgan fingerprint density at radius 3 is 2.32 bits per heavy atom. The molecule has 2 N–H and O–H groups in total. The van der Waals surface area contributed by atoms with E-state index in [0.717, 1.165) is 0 Å². The Balaban J connectivity index is 2.47. The molecule has 0 spiro atoms. The number of hydrogen-bond donors (Lipinski definition) is 1. The predicted molar refractivity (Wildman–Crippen MR) is 69.8 cm³/mol. The number of nitrogens with zero attached hydrogens (tertiary/aromatic N) is 4. The van der Waals surface area contributed by atoms with Crippen LogP contribution in [0.15, 0.2) is 35.7 Å². The molecule has 0 unspecified atom stereocenters. The van der Waals surface area contributed by atoms with Gasteiger partial charge in [0.1, 0.15) is 12.0 Å². The van der Waals surface area contributed by atoms with Crippen molar-refractivity contribution in [3.05, 3.63) is 36.4 Å². The molecule has 0 aliphatic rings. The maximum atomic E-state index is 5.90. The first-order chi connectivity index (χ1) is 9.26. The smallest absolute Gasteiger partial charge is 0.246 e. The predicted octanol–water partition coefficient (Wildman–Crippen LogP) is 0.926. The summed E-state index contributed by atoms with van der Waals surface area (Å²) in [4.78, 5) is 16.2. The molecular weight excluding hydrogens is 246 g/mol. The Labute approximate surface area is 110 Å². The normalized spacial score (nSPS) is 11.2. The van der Waals surface area contributed by atoms with Crippen molar-refractivity contribution in [1.29, 1.82) is 0 Å². The van der Waals surface area contributed by atoms with Crippen LogP contribution in [0, 0.1) is 0 Å². The minimum Gasteiger partial charge on any atom is -0.479 e. The van der Waals surface area contributed by atoms with Gasteiger partial charge in [-0.25, -0.2) is 4.99 Å². The highest BCUT2D eigenvalue weighted by Gasteiger charge is 2.13. The standard InChI is InChI=1S/C12H13N5O2/c1-18-11-9(12(19-2)16-7-15-11)17-10(13)8-5-3-4-6-14-8/h3-7H,1-2H3,(H2,13,17). The van der Waals surface area contributed by atoms with Gasteiger partial charge in [-0.1, -0.05) is 6.07 Å². The molecule has 19 heavy (non-hydrogen) atoms. The SMILES string of the molecule is COc1ncnc(OC)c1N=C(N)c1ccccn1. The Kier molecular flexibility index (Phi) is 3.87. The van der Waals surface area contributed by atoms with Crippen molar-refractivity contribution in [1.82, 2.24) is 15.0 Å². The van der Waals surface area contributed by atoms with E-state index in [1.807, 2.05) is 6.07 Å². The van der Waals surface area contributed by atoms with Gasteiger partial charge in [0.25, 0.3) is 0 Å². The third kappa shape index (κ3) is 2.76. The first-order valence-electron chi connectivity index (χ1n) is 5.44. The van der Waals surface area contributed by atoms with Crippen LogP contribution in [0.3, 0.4) is 0 Å². The van der Waals surface area contributed by atoms with Crippen LogP contribution >= 0.6 is 0 Å². The van der Waals surface area contributed by atoms with Crippen LogP contribution in [0.2, 0.25) is 0 Å². The molecule has 0 aliphatic carbocycles. The van der Waals surface area contributed by atoms with Crippen molar-refractivity contribution in [2.45, 2.75) is 0 Å². The summed E-state index contributed by atoms with van der Waals surface area (Å²) < 4.78 is 10.2. The van der Waals surface area contributed by atoms with Gasteiger partial charge in [0.2, 0.25) is 11.8 Å². The largest absolute Gasteiger partial charge is 0.479 e. The van der Waals surface area contributed by atoms with Gasteiger partial charge in [0.05, 0.1) is 14.2 Å². The number of hydrogen-bond acceptors (Lipinski definition) is 6. The highest BCUT2D eigenvalue weighted by atomic mass is 16.5. The zero-order valence-corrected chi connectivity index (χ0v) is 10.6. The molecule has 0 aromatic carbocycles. The van der Waals surface area contributed by atoms with Gasteiger partial charge in [-0.15, -0.1) is 0 Å². The summed E-state index contributed by atoms with van der Waals surface area (Å²) in [7, 11) is 2.97. The van der Waals surface area contributed by atoms with E-state index in [1.165, 1.54) is 20.5 Å². The molecule has 0 saturated carbocycles. The van der Waals surface area contributed by atoms with E-state index in [-0.39, 0.29) is 17.6 Å². The number of pyridine rings is 1. The molecule has 98 valence electrons. The van der Waals surface area contributed by atoms with Gasteiger partial charge in [-0.05, 0) is 12.1 Å². The number of rotatable bonds is 4. The molecule has 7 nitrogen and oxygen atoms in total. The molecule has 2 rings (SSSR count). The average Bonchev–Trinajstić information content (AvgIpc) is 2.48. The highest BCUT2D eigenvalue weighted by Crippen LogP contribution is 2.33. The first kappa shape index (κ1) is 12.7. The van der Waals surface area contributed by atoms with Crippen molar-refractivity contribution in [3.63, 3.8) is 0 Å². The van der Waals surface area contributed by atoms with E-state index in [9.17, 15) is 0 Å². The molecule has 7 heteroatoms. The fourth-order valence-corrected chi connectivity index (χ4v) is 1.43. The van der Waals surface area contributed by atoms with E-state index in [4.69, 9.17) is 15.2 Å². The van der Waals surface area contributed by atoms with Crippen molar-refractivity contribution < 1.29 is 9.47 Å². The van der Waals surface area contributed by atoms with E-state index in [2.05, 4.69) is 19.9 Å². The van der Waals surface area contributed by atoms with E-state index < -0.39 is 0 Å². The average molecular weight is 259 g/mol.